The summed E-state index contributed by atoms with van der Waals surface area (Å²) in [7, 11) is -2.16. The first-order chi connectivity index (χ1) is 10.7. The molecule has 8 heteroatoms. The molecule has 122 valence electrons. The van der Waals surface area contributed by atoms with Gasteiger partial charge in [0.2, 0.25) is 0 Å². The van der Waals surface area contributed by atoms with Crippen molar-refractivity contribution in [2.24, 2.45) is 10.7 Å². The highest BCUT2D eigenvalue weighted by Gasteiger charge is 2.13. The lowest BCUT2D eigenvalue weighted by Gasteiger charge is -2.07. The summed E-state index contributed by atoms with van der Waals surface area (Å²) in [6.07, 6.45) is 1.09. The number of amidine groups is 1. The number of rotatable bonds is 4. The third-order valence-electron chi connectivity index (χ3n) is 3.01. The van der Waals surface area contributed by atoms with Crippen LogP contribution in [0, 0.1) is 11.6 Å². The van der Waals surface area contributed by atoms with Crippen LogP contribution in [-0.4, -0.2) is 27.6 Å². The van der Waals surface area contributed by atoms with Crippen LogP contribution in [0.5, 0.6) is 5.75 Å². The maximum absolute atomic E-state index is 13.7. The van der Waals surface area contributed by atoms with Gasteiger partial charge >= 0.3 is 0 Å². The summed E-state index contributed by atoms with van der Waals surface area (Å²) in [5.41, 5.74) is 6.14. The number of aliphatic imine (C=N–C) groups is 1. The molecule has 0 heterocycles. The molecule has 2 aromatic rings. The van der Waals surface area contributed by atoms with Gasteiger partial charge in [0.25, 0.3) is 0 Å². The van der Waals surface area contributed by atoms with E-state index in [0.717, 1.165) is 25.5 Å². The summed E-state index contributed by atoms with van der Waals surface area (Å²) in [5.74, 6) is -2.40. The highest BCUT2D eigenvalue weighted by molar-refractivity contribution is 7.90. The van der Waals surface area contributed by atoms with Crippen molar-refractivity contribution in [1.29, 1.82) is 0 Å². The number of hydrogen-bond donors (Lipinski definition) is 1. The van der Waals surface area contributed by atoms with Crippen LogP contribution >= 0.6 is 0 Å². The molecule has 2 rings (SSSR count). The molecule has 0 saturated heterocycles. The fourth-order valence-corrected chi connectivity index (χ4v) is 2.50. The first-order valence-corrected chi connectivity index (χ1v) is 8.29. The molecule has 0 saturated carbocycles. The Hall–Kier alpha value is -2.48. The molecule has 2 aromatic carbocycles. The number of nitrogens with zero attached hydrogens (tertiary/aromatic N) is 1. The highest BCUT2D eigenvalue weighted by atomic mass is 32.2. The molecule has 0 unspecified atom stereocenters. The Morgan fingerprint density at radius 2 is 1.65 bits per heavy atom. The molecule has 5 nitrogen and oxygen atoms in total. The van der Waals surface area contributed by atoms with Crippen molar-refractivity contribution in [3.05, 3.63) is 53.6 Å². The number of methoxy groups -OCH3 is 1. The molecule has 0 aliphatic carbocycles. The Labute approximate surface area is 132 Å². The SMILES string of the molecule is COc1c(F)cc(C(N)=Nc2ccc(S(C)(=O)=O)cc2)cc1F. The lowest BCUT2D eigenvalue weighted by molar-refractivity contribution is 0.360. The zero-order chi connectivity index (χ0) is 17.2. The number of ether oxygens (including phenoxy) is 1. The van der Waals surface area contributed by atoms with Gasteiger partial charge in [0.15, 0.2) is 27.2 Å². The summed E-state index contributed by atoms with van der Waals surface area (Å²) < 4.78 is 54.6. The Morgan fingerprint density at radius 1 is 1.13 bits per heavy atom. The van der Waals surface area contributed by atoms with Crippen molar-refractivity contribution in [3.8, 4) is 5.75 Å². The topological polar surface area (TPSA) is 81.8 Å². The predicted molar refractivity (Wildman–Crippen MR) is 82.8 cm³/mol. The summed E-state index contributed by atoms with van der Waals surface area (Å²) in [4.78, 5) is 4.15. The van der Waals surface area contributed by atoms with Gasteiger partial charge in [0.1, 0.15) is 5.84 Å². The molecule has 0 radical (unpaired) electrons. The van der Waals surface area contributed by atoms with Gasteiger partial charge in [-0.3, -0.25) is 0 Å². The minimum atomic E-state index is -3.31. The summed E-state index contributed by atoms with van der Waals surface area (Å²) in [6, 6.07) is 7.64. The minimum absolute atomic E-state index is 0.0491. The second-order valence-corrected chi connectivity index (χ2v) is 6.75. The maximum Gasteiger partial charge on any atom is 0.190 e. The van der Waals surface area contributed by atoms with Crippen LogP contribution in [-0.2, 0) is 9.84 Å². The maximum atomic E-state index is 13.7. The number of nitrogens with two attached hydrogens (primary N) is 1. The summed E-state index contributed by atoms with van der Waals surface area (Å²) in [5, 5.41) is 0. The molecule has 0 aliphatic rings. The van der Waals surface area contributed by atoms with E-state index in [9.17, 15) is 17.2 Å². The van der Waals surface area contributed by atoms with E-state index < -0.39 is 27.2 Å². The fraction of sp³-hybridized carbons (Fsp3) is 0.133. The van der Waals surface area contributed by atoms with Crippen molar-refractivity contribution >= 4 is 21.4 Å². The molecule has 0 bridgehead atoms. The van der Waals surface area contributed by atoms with Crippen molar-refractivity contribution in [3.63, 3.8) is 0 Å². The van der Waals surface area contributed by atoms with Crippen LogP contribution in [0.2, 0.25) is 0 Å². The van der Waals surface area contributed by atoms with E-state index in [4.69, 9.17) is 5.73 Å². The Kier molecular flexibility index (Phi) is 4.65. The van der Waals surface area contributed by atoms with Crippen LogP contribution in [0.15, 0.2) is 46.3 Å². The first-order valence-electron chi connectivity index (χ1n) is 6.40. The Bertz CT molecular complexity index is 840. The highest BCUT2D eigenvalue weighted by Crippen LogP contribution is 2.23. The third kappa shape index (κ3) is 3.84. The van der Waals surface area contributed by atoms with E-state index in [1.54, 1.807) is 0 Å². The second kappa shape index (κ2) is 6.33. The van der Waals surface area contributed by atoms with Crippen molar-refractivity contribution < 1.29 is 21.9 Å². The van der Waals surface area contributed by atoms with E-state index in [2.05, 4.69) is 9.73 Å². The van der Waals surface area contributed by atoms with Gasteiger partial charge in [-0.25, -0.2) is 22.2 Å². The smallest absolute Gasteiger partial charge is 0.190 e. The molecular weight excluding hydrogens is 326 g/mol. The van der Waals surface area contributed by atoms with Gasteiger partial charge in [0.05, 0.1) is 17.7 Å². The van der Waals surface area contributed by atoms with Gasteiger partial charge in [-0.15, -0.1) is 0 Å². The molecular formula is C15H14F2N2O3S. The zero-order valence-corrected chi connectivity index (χ0v) is 13.2. The number of hydrogen-bond acceptors (Lipinski definition) is 4. The summed E-state index contributed by atoms with van der Waals surface area (Å²) in [6.45, 7) is 0. The lowest BCUT2D eigenvalue weighted by Crippen LogP contribution is -2.14. The second-order valence-electron chi connectivity index (χ2n) is 4.74. The van der Waals surface area contributed by atoms with Crippen molar-refractivity contribution in [1.82, 2.24) is 0 Å². The van der Waals surface area contributed by atoms with Crippen LogP contribution in [0.3, 0.4) is 0 Å². The molecule has 0 amide bonds. The van der Waals surface area contributed by atoms with Crippen LogP contribution in [0.4, 0.5) is 14.5 Å². The largest absolute Gasteiger partial charge is 0.491 e. The monoisotopic (exact) mass is 340 g/mol. The van der Waals surface area contributed by atoms with E-state index in [1.807, 2.05) is 0 Å². The average Bonchev–Trinajstić information content (AvgIpc) is 2.46. The normalized spacial score (nSPS) is 12.3. The van der Waals surface area contributed by atoms with E-state index >= 15 is 0 Å². The predicted octanol–water partition coefficient (Wildman–Crippen LogP) is 2.41. The van der Waals surface area contributed by atoms with Crippen LogP contribution in [0.25, 0.3) is 0 Å². The van der Waals surface area contributed by atoms with Crippen LogP contribution < -0.4 is 10.5 Å². The van der Waals surface area contributed by atoms with Gasteiger partial charge in [-0.05, 0) is 36.4 Å². The Balaban J connectivity index is 2.37. The van der Waals surface area contributed by atoms with Crippen molar-refractivity contribution in [2.45, 2.75) is 4.90 Å². The molecule has 2 N–H and O–H groups in total. The molecule has 0 aliphatic heterocycles. The first kappa shape index (κ1) is 16.9. The number of sulfone groups is 1. The van der Waals surface area contributed by atoms with Gasteiger partial charge in [-0.1, -0.05) is 0 Å². The standard InChI is InChI=1S/C15H14F2N2O3S/c1-22-14-12(16)7-9(8-13(14)17)15(18)19-10-3-5-11(6-4-10)23(2,20)21/h3-8H,1-2H3,(H2,18,19). The van der Waals surface area contributed by atoms with E-state index in [1.165, 1.54) is 24.3 Å². The molecule has 0 atom stereocenters. The van der Waals surface area contributed by atoms with E-state index in [0.29, 0.717) is 5.69 Å². The average molecular weight is 340 g/mol. The number of benzene rings is 2. The zero-order valence-electron chi connectivity index (χ0n) is 12.4. The van der Waals surface area contributed by atoms with Gasteiger partial charge in [0, 0.05) is 11.8 Å². The van der Waals surface area contributed by atoms with E-state index in [-0.39, 0.29) is 16.3 Å². The van der Waals surface area contributed by atoms with Crippen LogP contribution in [0.1, 0.15) is 5.56 Å². The van der Waals surface area contributed by atoms with Crippen molar-refractivity contribution in [2.75, 3.05) is 13.4 Å². The molecule has 23 heavy (non-hydrogen) atoms. The number of halogens is 2. The molecule has 0 spiro atoms. The Morgan fingerprint density at radius 3 is 2.09 bits per heavy atom. The van der Waals surface area contributed by atoms with Gasteiger partial charge in [-0.2, -0.15) is 0 Å². The summed E-state index contributed by atoms with van der Waals surface area (Å²) >= 11 is 0. The fourth-order valence-electron chi connectivity index (χ4n) is 1.87. The molecule has 0 fully saturated rings. The lowest BCUT2D eigenvalue weighted by atomic mass is 10.2. The minimum Gasteiger partial charge on any atom is -0.491 e. The quantitative estimate of drug-likeness (QED) is 0.684. The van der Waals surface area contributed by atoms with Gasteiger partial charge < -0.3 is 10.5 Å². The molecule has 0 aromatic heterocycles. The third-order valence-corrected chi connectivity index (χ3v) is 4.14.